The second kappa shape index (κ2) is 5.47. The predicted octanol–water partition coefficient (Wildman–Crippen LogP) is 1.35. The van der Waals surface area contributed by atoms with Crippen LogP contribution in [0.2, 0.25) is 0 Å². The Morgan fingerprint density at radius 2 is 2.13 bits per heavy atom. The molecule has 0 aromatic heterocycles. The summed E-state index contributed by atoms with van der Waals surface area (Å²) in [5.41, 5.74) is 0. The molecule has 0 aliphatic carbocycles. The second-order valence-corrected chi connectivity index (χ2v) is 5.99. The normalized spacial score (nSPS) is 24.4. The summed E-state index contributed by atoms with van der Waals surface area (Å²) in [5.74, 6) is 0.261. The molecule has 0 saturated carbocycles. The van der Waals surface area contributed by atoms with E-state index in [0.29, 0.717) is 19.0 Å². The molecular weight excluding hydrogens is 212 g/mol. The summed E-state index contributed by atoms with van der Waals surface area (Å²) in [5, 5.41) is 8.45. The Kier molecular flexibility index (Phi) is 4.55. The maximum atomic E-state index is 11.6. The Balaban J connectivity index is 2.62. The first-order chi connectivity index (χ1) is 7.10. The molecule has 0 spiro atoms. The lowest BCUT2D eigenvalue weighted by Gasteiger charge is -2.18. The number of rotatable bonds is 3. The van der Waals surface area contributed by atoms with Crippen LogP contribution in [0.15, 0.2) is 0 Å². The van der Waals surface area contributed by atoms with Gasteiger partial charge in [-0.05, 0) is 25.2 Å². The van der Waals surface area contributed by atoms with Crippen LogP contribution in [0.25, 0.3) is 0 Å². The summed E-state index contributed by atoms with van der Waals surface area (Å²) in [6.07, 6.45) is 4.07. The van der Waals surface area contributed by atoms with Crippen molar-refractivity contribution in [2.45, 2.75) is 32.6 Å². The average Bonchev–Trinajstić information content (AvgIpc) is 2.42. The van der Waals surface area contributed by atoms with Gasteiger partial charge in [0.05, 0.1) is 6.07 Å². The zero-order chi connectivity index (χ0) is 11.3. The van der Waals surface area contributed by atoms with Crippen LogP contribution in [-0.2, 0) is 10.0 Å². The van der Waals surface area contributed by atoms with Gasteiger partial charge >= 0.3 is 0 Å². The maximum absolute atomic E-state index is 11.6. The molecule has 0 amide bonds. The molecule has 1 rings (SSSR count). The fraction of sp³-hybridized carbons (Fsp3) is 0.900. The lowest BCUT2D eigenvalue weighted by Crippen LogP contribution is -2.33. The smallest absolute Gasteiger partial charge is 0.211 e. The first-order valence-electron chi connectivity index (χ1n) is 5.45. The molecule has 1 fully saturated rings. The van der Waals surface area contributed by atoms with Crippen LogP contribution in [0.1, 0.15) is 32.6 Å². The van der Waals surface area contributed by atoms with E-state index < -0.39 is 10.0 Å². The highest BCUT2D eigenvalue weighted by Gasteiger charge is 2.24. The first kappa shape index (κ1) is 12.5. The Hall–Kier alpha value is -0.600. The first-order valence-corrected chi connectivity index (χ1v) is 7.06. The van der Waals surface area contributed by atoms with Crippen LogP contribution in [0.3, 0.4) is 0 Å². The molecule has 0 aromatic carbocycles. The molecule has 1 atom stereocenters. The minimum atomic E-state index is -3.32. The zero-order valence-electron chi connectivity index (χ0n) is 9.15. The van der Waals surface area contributed by atoms with E-state index in [0.717, 1.165) is 25.7 Å². The fourth-order valence-electron chi connectivity index (χ4n) is 2.00. The largest absolute Gasteiger partial charge is 0.227 e. The van der Waals surface area contributed by atoms with E-state index in [1.165, 1.54) is 4.31 Å². The van der Waals surface area contributed by atoms with E-state index in [4.69, 9.17) is 5.26 Å². The lowest BCUT2D eigenvalue weighted by molar-refractivity contribution is 0.409. The number of hydrogen-bond acceptors (Lipinski definition) is 3. The van der Waals surface area contributed by atoms with E-state index in [1.807, 2.05) is 0 Å². The fourth-order valence-corrected chi connectivity index (χ4v) is 3.13. The summed E-state index contributed by atoms with van der Waals surface area (Å²) in [4.78, 5) is 0. The summed E-state index contributed by atoms with van der Waals surface area (Å²) in [6, 6.07) is 1.72. The van der Waals surface area contributed by atoms with Gasteiger partial charge < -0.3 is 0 Å². The molecule has 1 unspecified atom stereocenters. The molecule has 1 saturated heterocycles. The van der Waals surface area contributed by atoms with Crippen molar-refractivity contribution in [1.29, 1.82) is 5.26 Å². The van der Waals surface area contributed by atoms with E-state index in [-0.39, 0.29) is 5.75 Å². The zero-order valence-corrected chi connectivity index (χ0v) is 9.96. The number of hydrogen-bond donors (Lipinski definition) is 0. The quantitative estimate of drug-likeness (QED) is 0.735. The minimum absolute atomic E-state index is 0.385. The van der Waals surface area contributed by atoms with Gasteiger partial charge in [0, 0.05) is 13.1 Å². The van der Waals surface area contributed by atoms with Crippen LogP contribution in [-0.4, -0.2) is 31.6 Å². The number of sulfonamides is 1. The standard InChI is InChI=1S/C10H18N2O2S/c1-2-10-4-3-7-12(8-5-10)15(13,14)9-6-11/h10H,2-5,7-9H2,1H3. The molecular formula is C10H18N2O2S. The van der Waals surface area contributed by atoms with Gasteiger partial charge in [0.15, 0.2) is 5.75 Å². The van der Waals surface area contributed by atoms with Crippen molar-refractivity contribution >= 4 is 10.0 Å². The SMILES string of the molecule is CCC1CCCN(S(=O)(=O)CC#N)CC1. The van der Waals surface area contributed by atoms with E-state index >= 15 is 0 Å². The van der Waals surface area contributed by atoms with Gasteiger partial charge in [0.1, 0.15) is 0 Å². The summed E-state index contributed by atoms with van der Waals surface area (Å²) in [7, 11) is -3.32. The van der Waals surface area contributed by atoms with Crippen molar-refractivity contribution in [1.82, 2.24) is 4.31 Å². The van der Waals surface area contributed by atoms with Gasteiger partial charge in [0.25, 0.3) is 0 Å². The third kappa shape index (κ3) is 3.47. The number of nitrogens with zero attached hydrogens (tertiary/aromatic N) is 2. The van der Waals surface area contributed by atoms with Crippen LogP contribution in [0.4, 0.5) is 0 Å². The van der Waals surface area contributed by atoms with Crippen LogP contribution in [0, 0.1) is 17.2 Å². The minimum Gasteiger partial charge on any atom is -0.211 e. The molecule has 1 aliphatic heterocycles. The third-order valence-electron chi connectivity index (χ3n) is 3.02. The molecule has 0 aromatic rings. The van der Waals surface area contributed by atoms with Gasteiger partial charge in [-0.15, -0.1) is 0 Å². The Bertz CT molecular complexity index is 332. The Morgan fingerprint density at radius 3 is 2.73 bits per heavy atom. The lowest BCUT2D eigenvalue weighted by atomic mass is 9.98. The maximum Gasteiger partial charge on any atom is 0.227 e. The topological polar surface area (TPSA) is 61.2 Å². The third-order valence-corrected chi connectivity index (χ3v) is 4.67. The van der Waals surface area contributed by atoms with Crippen LogP contribution >= 0.6 is 0 Å². The van der Waals surface area contributed by atoms with Gasteiger partial charge in [-0.3, -0.25) is 0 Å². The number of nitriles is 1. The van der Waals surface area contributed by atoms with Crippen LogP contribution in [0.5, 0.6) is 0 Å². The second-order valence-electron chi connectivity index (χ2n) is 4.02. The van der Waals surface area contributed by atoms with E-state index in [1.54, 1.807) is 6.07 Å². The van der Waals surface area contributed by atoms with Crippen molar-refractivity contribution in [2.75, 3.05) is 18.8 Å². The highest BCUT2D eigenvalue weighted by Crippen LogP contribution is 2.21. The molecule has 1 aliphatic rings. The molecule has 1 heterocycles. The van der Waals surface area contributed by atoms with Crippen molar-refractivity contribution in [2.24, 2.45) is 5.92 Å². The Labute approximate surface area is 91.9 Å². The van der Waals surface area contributed by atoms with Gasteiger partial charge in [0.2, 0.25) is 10.0 Å². The van der Waals surface area contributed by atoms with E-state index in [9.17, 15) is 8.42 Å². The van der Waals surface area contributed by atoms with Gasteiger partial charge in [-0.2, -0.15) is 5.26 Å². The molecule has 0 N–H and O–H groups in total. The van der Waals surface area contributed by atoms with Gasteiger partial charge in [-0.25, -0.2) is 12.7 Å². The molecule has 4 nitrogen and oxygen atoms in total. The summed E-state index contributed by atoms with van der Waals surface area (Å²) in [6.45, 7) is 3.31. The highest BCUT2D eigenvalue weighted by molar-refractivity contribution is 7.89. The Morgan fingerprint density at radius 1 is 1.40 bits per heavy atom. The van der Waals surface area contributed by atoms with E-state index in [2.05, 4.69) is 6.92 Å². The molecule has 5 heteroatoms. The monoisotopic (exact) mass is 230 g/mol. The molecule has 0 radical (unpaired) electrons. The van der Waals surface area contributed by atoms with Crippen molar-refractivity contribution in [3.8, 4) is 6.07 Å². The van der Waals surface area contributed by atoms with Gasteiger partial charge in [-0.1, -0.05) is 13.3 Å². The van der Waals surface area contributed by atoms with Crippen molar-refractivity contribution < 1.29 is 8.42 Å². The van der Waals surface area contributed by atoms with Crippen molar-refractivity contribution in [3.63, 3.8) is 0 Å². The predicted molar refractivity (Wildman–Crippen MR) is 58.6 cm³/mol. The molecule has 0 bridgehead atoms. The van der Waals surface area contributed by atoms with Crippen LogP contribution < -0.4 is 0 Å². The highest BCUT2D eigenvalue weighted by atomic mass is 32.2. The van der Waals surface area contributed by atoms with Crippen molar-refractivity contribution in [3.05, 3.63) is 0 Å². The summed E-state index contributed by atoms with van der Waals surface area (Å²) >= 11 is 0. The molecule has 86 valence electrons. The average molecular weight is 230 g/mol. The molecule has 15 heavy (non-hydrogen) atoms. The summed E-state index contributed by atoms with van der Waals surface area (Å²) < 4.78 is 24.8.